The summed E-state index contributed by atoms with van der Waals surface area (Å²) in [6.45, 7) is 2.64. The standard InChI is InChI=1S/C14H18ClNO2/c1-3-5-11(2)16-9-13(17)10-18-14-7-4-6-12(15)8-14/h1,4,6-8,11,13,16-17H,5,9-10H2,2H3. The minimum atomic E-state index is -0.579. The first-order valence-corrected chi connectivity index (χ1v) is 6.23. The molecule has 0 amide bonds. The van der Waals surface area contributed by atoms with Gasteiger partial charge in [0.05, 0.1) is 0 Å². The van der Waals surface area contributed by atoms with E-state index in [9.17, 15) is 5.11 Å². The van der Waals surface area contributed by atoms with Crippen molar-refractivity contribution in [1.29, 1.82) is 0 Å². The molecule has 2 unspecified atom stereocenters. The van der Waals surface area contributed by atoms with Crippen molar-refractivity contribution in [2.45, 2.75) is 25.5 Å². The normalized spacial score (nSPS) is 13.7. The molecule has 1 aromatic rings. The van der Waals surface area contributed by atoms with Gasteiger partial charge in [0.25, 0.3) is 0 Å². The second-order valence-electron chi connectivity index (χ2n) is 4.14. The van der Waals surface area contributed by atoms with Crippen molar-refractivity contribution in [1.82, 2.24) is 5.32 Å². The number of aliphatic hydroxyl groups is 1. The Bertz CT molecular complexity index is 403. The van der Waals surface area contributed by atoms with Crippen LogP contribution in [-0.2, 0) is 0 Å². The second-order valence-corrected chi connectivity index (χ2v) is 4.58. The van der Waals surface area contributed by atoms with E-state index in [2.05, 4.69) is 11.2 Å². The summed E-state index contributed by atoms with van der Waals surface area (Å²) in [7, 11) is 0. The van der Waals surface area contributed by atoms with Crippen LogP contribution in [0, 0.1) is 12.3 Å². The maximum absolute atomic E-state index is 9.72. The topological polar surface area (TPSA) is 41.5 Å². The first-order valence-electron chi connectivity index (χ1n) is 5.85. The van der Waals surface area contributed by atoms with Crippen molar-refractivity contribution in [3.05, 3.63) is 29.3 Å². The molecule has 0 aliphatic carbocycles. The maximum atomic E-state index is 9.72. The molecule has 3 nitrogen and oxygen atoms in total. The number of hydrogen-bond acceptors (Lipinski definition) is 3. The minimum absolute atomic E-state index is 0.191. The van der Waals surface area contributed by atoms with Gasteiger partial charge in [0.2, 0.25) is 0 Å². The summed E-state index contributed by atoms with van der Waals surface area (Å²) in [5, 5.41) is 13.5. The fourth-order valence-corrected chi connectivity index (χ4v) is 1.57. The predicted octanol–water partition coefficient (Wildman–Crippen LogP) is 2.08. The van der Waals surface area contributed by atoms with E-state index in [1.165, 1.54) is 0 Å². The SMILES string of the molecule is C#CCC(C)NCC(O)COc1cccc(Cl)c1. The highest BCUT2D eigenvalue weighted by Gasteiger charge is 2.07. The van der Waals surface area contributed by atoms with Crippen LogP contribution in [0.1, 0.15) is 13.3 Å². The Morgan fingerprint density at radius 3 is 3.00 bits per heavy atom. The highest BCUT2D eigenvalue weighted by molar-refractivity contribution is 6.30. The number of aliphatic hydroxyl groups excluding tert-OH is 1. The Morgan fingerprint density at radius 2 is 2.33 bits per heavy atom. The first-order chi connectivity index (χ1) is 8.61. The first kappa shape index (κ1) is 14.8. The Labute approximate surface area is 113 Å². The van der Waals surface area contributed by atoms with E-state index >= 15 is 0 Å². The van der Waals surface area contributed by atoms with Gasteiger partial charge in [0.15, 0.2) is 0 Å². The smallest absolute Gasteiger partial charge is 0.120 e. The zero-order valence-corrected chi connectivity index (χ0v) is 11.2. The molecular formula is C14H18ClNO2. The molecule has 0 bridgehead atoms. The third kappa shape index (κ3) is 5.92. The molecule has 0 aliphatic heterocycles. The van der Waals surface area contributed by atoms with E-state index in [0.29, 0.717) is 23.7 Å². The third-order valence-corrected chi connectivity index (χ3v) is 2.60. The molecule has 0 heterocycles. The number of hydrogen-bond donors (Lipinski definition) is 2. The molecule has 1 rings (SSSR count). The highest BCUT2D eigenvalue weighted by Crippen LogP contribution is 2.17. The van der Waals surface area contributed by atoms with Gasteiger partial charge in [-0.1, -0.05) is 17.7 Å². The summed E-state index contributed by atoms with van der Waals surface area (Å²) in [6.07, 6.45) is 5.26. The Hall–Kier alpha value is -1.21. The molecule has 0 radical (unpaired) electrons. The summed E-state index contributed by atoms with van der Waals surface area (Å²) in [5.41, 5.74) is 0. The quantitative estimate of drug-likeness (QED) is 0.744. The fraction of sp³-hybridized carbons (Fsp3) is 0.429. The van der Waals surface area contributed by atoms with Crippen LogP contribution < -0.4 is 10.1 Å². The molecule has 0 aliphatic rings. The predicted molar refractivity (Wildman–Crippen MR) is 73.9 cm³/mol. The van der Waals surface area contributed by atoms with Crippen molar-refractivity contribution in [2.24, 2.45) is 0 Å². The molecular weight excluding hydrogens is 250 g/mol. The Balaban J connectivity index is 2.25. The van der Waals surface area contributed by atoms with E-state index in [1.807, 2.05) is 6.92 Å². The highest BCUT2D eigenvalue weighted by atomic mass is 35.5. The number of benzene rings is 1. The lowest BCUT2D eigenvalue weighted by Gasteiger charge is -2.16. The fourth-order valence-electron chi connectivity index (χ4n) is 1.39. The molecule has 18 heavy (non-hydrogen) atoms. The lowest BCUT2D eigenvalue weighted by Crippen LogP contribution is -2.36. The van der Waals surface area contributed by atoms with Gasteiger partial charge in [-0.05, 0) is 25.1 Å². The van der Waals surface area contributed by atoms with E-state index in [4.69, 9.17) is 22.8 Å². The van der Waals surface area contributed by atoms with Gasteiger partial charge in [0.1, 0.15) is 18.5 Å². The van der Waals surface area contributed by atoms with Gasteiger partial charge in [-0.2, -0.15) is 0 Å². The average molecular weight is 268 g/mol. The van der Waals surface area contributed by atoms with E-state index in [1.54, 1.807) is 24.3 Å². The minimum Gasteiger partial charge on any atom is -0.491 e. The molecule has 4 heteroatoms. The molecule has 0 fully saturated rings. The monoisotopic (exact) mass is 267 g/mol. The van der Waals surface area contributed by atoms with Crippen molar-refractivity contribution in [3.63, 3.8) is 0 Å². The number of halogens is 1. The summed E-state index contributed by atoms with van der Waals surface area (Å²) in [6, 6.07) is 7.27. The van der Waals surface area contributed by atoms with Crippen LogP contribution in [0.25, 0.3) is 0 Å². The number of rotatable bonds is 7. The molecule has 1 aromatic carbocycles. The molecule has 2 atom stereocenters. The molecule has 2 N–H and O–H groups in total. The lowest BCUT2D eigenvalue weighted by molar-refractivity contribution is 0.104. The van der Waals surface area contributed by atoms with Crippen LogP contribution in [0.2, 0.25) is 5.02 Å². The van der Waals surface area contributed by atoms with E-state index in [-0.39, 0.29) is 12.6 Å². The average Bonchev–Trinajstić information content (AvgIpc) is 2.34. The van der Waals surface area contributed by atoms with Crippen molar-refractivity contribution in [2.75, 3.05) is 13.2 Å². The van der Waals surface area contributed by atoms with E-state index in [0.717, 1.165) is 0 Å². The number of nitrogens with one attached hydrogen (secondary N) is 1. The number of terminal acetylenes is 1. The van der Waals surface area contributed by atoms with Gasteiger partial charge in [-0.25, -0.2) is 0 Å². The summed E-state index contributed by atoms with van der Waals surface area (Å²) in [4.78, 5) is 0. The Kier molecular flexibility index (Phi) is 6.59. The molecule has 98 valence electrons. The van der Waals surface area contributed by atoms with Gasteiger partial charge in [-0.15, -0.1) is 12.3 Å². The molecule has 0 spiro atoms. The van der Waals surface area contributed by atoms with E-state index < -0.39 is 6.10 Å². The second kappa shape index (κ2) is 7.99. The van der Waals surface area contributed by atoms with Gasteiger partial charge in [0, 0.05) is 24.0 Å². The van der Waals surface area contributed by atoms with Gasteiger partial charge in [-0.3, -0.25) is 0 Å². The molecule has 0 aromatic heterocycles. The maximum Gasteiger partial charge on any atom is 0.120 e. The zero-order valence-electron chi connectivity index (χ0n) is 10.4. The zero-order chi connectivity index (χ0) is 13.4. The molecule has 0 saturated carbocycles. The van der Waals surface area contributed by atoms with Crippen LogP contribution in [-0.4, -0.2) is 30.4 Å². The van der Waals surface area contributed by atoms with Crippen LogP contribution in [0.15, 0.2) is 24.3 Å². The van der Waals surface area contributed by atoms with Crippen LogP contribution in [0.3, 0.4) is 0 Å². The van der Waals surface area contributed by atoms with Crippen molar-refractivity contribution < 1.29 is 9.84 Å². The van der Waals surface area contributed by atoms with Crippen LogP contribution >= 0.6 is 11.6 Å². The third-order valence-electron chi connectivity index (χ3n) is 2.36. The van der Waals surface area contributed by atoms with Crippen LogP contribution in [0.4, 0.5) is 0 Å². The van der Waals surface area contributed by atoms with Crippen molar-refractivity contribution in [3.8, 4) is 18.1 Å². The lowest BCUT2D eigenvalue weighted by atomic mass is 10.2. The summed E-state index contributed by atoms with van der Waals surface area (Å²) in [5.74, 6) is 3.22. The Morgan fingerprint density at radius 1 is 1.56 bits per heavy atom. The largest absolute Gasteiger partial charge is 0.491 e. The van der Waals surface area contributed by atoms with Gasteiger partial charge < -0.3 is 15.2 Å². The summed E-state index contributed by atoms with van der Waals surface area (Å²) >= 11 is 5.82. The van der Waals surface area contributed by atoms with Crippen molar-refractivity contribution >= 4 is 11.6 Å². The number of ether oxygens (including phenoxy) is 1. The van der Waals surface area contributed by atoms with Crippen LogP contribution in [0.5, 0.6) is 5.75 Å². The van der Waals surface area contributed by atoms with Gasteiger partial charge >= 0.3 is 0 Å². The summed E-state index contributed by atoms with van der Waals surface area (Å²) < 4.78 is 5.43. The molecule has 0 saturated heterocycles.